The van der Waals surface area contributed by atoms with Gasteiger partial charge in [-0.1, -0.05) is 17.4 Å². The molecule has 7 nitrogen and oxygen atoms in total. The smallest absolute Gasteiger partial charge is 0.300 e. The minimum atomic E-state index is -4.63. The number of carbonyl (C=O) groups excluding carboxylic acids is 1. The van der Waals surface area contributed by atoms with Gasteiger partial charge in [0.15, 0.2) is 0 Å². The average molecular weight is 434 g/mol. The number of carbonyl (C=O) groups is 1. The number of nitrogens with zero attached hydrogens (tertiary/aromatic N) is 3. The zero-order valence-corrected chi connectivity index (χ0v) is 16.4. The summed E-state index contributed by atoms with van der Waals surface area (Å²) >= 11 is 1.23. The second-order valence-electron chi connectivity index (χ2n) is 6.32. The van der Waals surface area contributed by atoms with Crippen molar-refractivity contribution < 1.29 is 26.4 Å². The normalized spacial score (nSPS) is 16.9. The molecule has 1 aromatic heterocycles. The number of amides is 1. The number of halogens is 3. The molecule has 0 bridgehead atoms. The standard InChI is InChI=1S/C16H17F3N4O3S2/c1-10-21-22-15(27-10)20-14(24)11-5-7-23(8-6-11)28(25,26)13-4-2-3-12(9-13)16(17,18)19/h2-4,9,11H,5-8H2,1H3,(H,20,22,24). The molecule has 0 spiro atoms. The summed E-state index contributed by atoms with van der Waals surface area (Å²) in [7, 11) is -4.07. The molecule has 28 heavy (non-hydrogen) atoms. The molecular weight excluding hydrogens is 417 g/mol. The first-order valence-electron chi connectivity index (χ1n) is 8.36. The van der Waals surface area contributed by atoms with E-state index in [2.05, 4.69) is 15.5 Å². The lowest BCUT2D eigenvalue weighted by Gasteiger charge is -2.30. The van der Waals surface area contributed by atoms with Crippen molar-refractivity contribution in [1.29, 1.82) is 0 Å². The minimum absolute atomic E-state index is 0.0474. The Balaban J connectivity index is 1.66. The van der Waals surface area contributed by atoms with Gasteiger partial charge in [-0.2, -0.15) is 17.5 Å². The summed E-state index contributed by atoms with van der Waals surface area (Å²) in [6.07, 6.45) is -4.09. The third-order valence-electron chi connectivity index (χ3n) is 4.38. The average Bonchev–Trinajstić information content (AvgIpc) is 3.06. The van der Waals surface area contributed by atoms with Crippen molar-refractivity contribution in [1.82, 2.24) is 14.5 Å². The molecule has 3 rings (SSSR count). The third kappa shape index (κ3) is 4.50. The van der Waals surface area contributed by atoms with Crippen LogP contribution in [0.4, 0.5) is 18.3 Å². The Hall–Kier alpha value is -2.05. The molecule has 1 amide bonds. The number of hydrogen-bond donors (Lipinski definition) is 1. The fourth-order valence-corrected chi connectivity index (χ4v) is 5.01. The zero-order chi connectivity index (χ0) is 20.5. The number of hydrogen-bond acceptors (Lipinski definition) is 6. The fourth-order valence-electron chi connectivity index (χ4n) is 2.89. The first-order valence-corrected chi connectivity index (χ1v) is 10.6. The highest BCUT2D eigenvalue weighted by atomic mass is 32.2. The Morgan fingerprint density at radius 3 is 2.50 bits per heavy atom. The molecule has 0 radical (unpaired) electrons. The van der Waals surface area contributed by atoms with Crippen LogP contribution in [0.3, 0.4) is 0 Å². The van der Waals surface area contributed by atoms with Crippen molar-refractivity contribution >= 4 is 32.4 Å². The Kier molecular flexibility index (Phi) is 5.73. The number of aryl methyl sites for hydroxylation is 1. The lowest BCUT2D eigenvalue weighted by Crippen LogP contribution is -2.41. The van der Waals surface area contributed by atoms with Gasteiger partial charge in [-0.15, -0.1) is 10.2 Å². The van der Waals surface area contributed by atoms with Crippen LogP contribution in [-0.2, 0) is 21.0 Å². The van der Waals surface area contributed by atoms with Gasteiger partial charge in [-0.3, -0.25) is 4.79 Å². The van der Waals surface area contributed by atoms with Crippen LogP contribution >= 0.6 is 11.3 Å². The van der Waals surface area contributed by atoms with E-state index in [0.29, 0.717) is 16.2 Å². The van der Waals surface area contributed by atoms with Crippen LogP contribution in [0.2, 0.25) is 0 Å². The Bertz CT molecular complexity index is 968. The van der Waals surface area contributed by atoms with Gasteiger partial charge >= 0.3 is 6.18 Å². The topological polar surface area (TPSA) is 92.3 Å². The maximum atomic E-state index is 12.9. The van der Waals surface area contributed by atoms with E-state index in [4.69, 9.17) is 0 Å². The quantitative estimate of drug-likeness (QED) is 0.799. The van der Waals surface area contributed by atoms with Gasteiger partial charge in [0.2, 0.25) is 21.1 Å². The summed E-state index contributed by atoms with van der Waals surface area (Å²) in [6.45, 7) is 1.85. The summed E-state index contributed by atoms with van der Waals surface area (Å²) in [5, 5.41) is 11.4. The van der Waals surface area contributed by atoms with Crippen molar-refractivity contribution in [2.24, 2.45) is 5.92 Å². The highest BCUT2D eigenvalue weighted by molar-refractivity contribution is 7.89. The van der Waals surface area contributed by atoms with Gasteiger partial charge < -0.3 is 5.32 Å². The predicted molar refractivity (Wildman–Crippen MR) is 96.2 cm³/mol. The molecule has 0 saturated carbocycles. The largest absolute Gasteiger partial charge is 0.416 e. The van der Waals surface area contributed by atoms with Gasteiger partial charge in [0.05, 0.1) is 10.5 Å². The maximum absolute atomic E-state index is 12.9. The molecule has 1 aliphatic heterocycles. The van der Waals surface area contributed by atoms with Crippen molar-refractivity contribution in [3.05, 3.63) is 34.8 Å². The van der Waals surface area contributed by atoms with Gasteiger partial charge in [0.1, 0.15) is 5.01 Å². The van der Waals surface area contributed by atoms with Gasteiger partial charge in [0, 0.05) is 19.0 Å². The first kappa shape index (κ1) is 20.7. The van der Waals surface area contributed by atoms with E-state index in [1.54, 1.807) is 6.92 Å². The SMILES string of the molecule is Cc1nnc(NC(=O)C2CCN(S(=O)(=O)c3cccc(C(F)(F)F)c3)CC2)s1. The Morgan fingerprint density at radius 2 is 1.93 bits per heavy atom. The van der Waals surface area contributed by atoms with Crippen molar-refractivity contribution in [2.45, 2.75) is 30.8 Å². The molecule has 0 atom stereocenters. The summed E-state index contributed by atoms with van der Waals surface area (Å²) in [4.78, 5) is 11.9. The van der Waals surface area contributed by atoms with Crippen molar-refractivity contribution in [3.63, 3.8) is 0 Å². The van der Waals surface area contributed by atoms with Crippen molar-refractivity contribution in [3.8, 4) is 0 Å². The molecule has 0 unspecified atom stereocenters. The number of aromatic nitrogens is 2. The van der Waals surface area contributed by atoms with E-state index in [9.17, 15) is 26.4 Å². The van der Waals surface area contributed by atoms with Crippen LogP contribution in [0.5, 0.6) is 0 Å². The lowest BCUT2D eigenvalue weighted by molar-refractivity contribution is -0.137. The molecule has 12 heteroatoms. The number of nitrogens with one attached hydrogen (secondary N) is 1. The highest BCUT2D eigenvalue weighted by Gasteiger charge is 2.35. The molecule has 2 aromatic rings. The predicted octanol–water partition coefficient (Wildman–Crippen LogP) is 2.90. The van der Waals surface area contributed by atoms with Crippen molar-refractivity contribution in [2.75, 3.05) is 18.4 Å². The molecular formula is C16H17F3N4O3S2. The van der Waals surface area contributed by atoms with E-state index in [1.807, 2.05) is 0 Å². The van der Waals surface area contributed by atoms with Gasteiger partial charge in [-0.05, 0) is 38.0 Å². The van der Waals surface area contributed by atoms with E-state index in [-0.39, 0.29) is 31.8 Å². The number of rotatable bonds is 4. The second-order valence-corrected chi connectivity index (χ2v) is 9.44. The number of sulfonamides is 1. The Morgan fingerprint density at radius 1 is 1.25 bits per heavy atom. The summed E-state index contributed by atoms with van der Waals surface area (Å²) in [6, 6.07) is 3.66. The van der Waals surface area contributed by atoms with Crippen LogP contribution < -0.4 is 5.32 Å². The number of anilines is 1. The van der Waals surface area contributed by atoms with Gasteiger partial charge in [-0.25, -0.2) is 8.42 Å². The fraction of sp³-hybridized carbons (Fsp3) is 0.438. The number of benzene rings is 1. The van der Waals surface area contributed by atoms with Crippen LogP contribution in [0.15, 0.2) is 29.2 Å². The van der Waals surface area contributed by atoms with Gasteiger partial charge in [0.25, 0.3) is 0 Å². The molecule has 152 valence electrons. The third-order valence-corrected chi connectivity index (χ3v) is 7.03. The van der Waals surface area contributed by atoms with Crippen LogP contribution in [-0.4, -0.2) is 41.9 Å². The highest BCUT2D eigenvalue weighted by Crippen LogP contribution is 2.32. The monoisotopic (exact) mass is 434 g/mol. The second kappa shape index (κ2) is 7.76. The number of alkyl halides is 3. The van der Waals surface area contributed by atoms with E-state index in [1.165, 1.54) is 11.3 Å². The Labute approximate surface area is 163 Å². The summed E-state index contributed by atoms with van der Waals surface area (Å²) in [5.41, 5.74) is -1.02. The summed E-state index contributed by atoms with van der Waals surface area (Å²) in [5.74, 6) is -0.676. The minimum Gasteiger partial charge on any atom is -0.300 e. The molecule has 1 aromatic carbocycles. The molecule has 2 heterocycles. The first-order chi connectivity index (χ1) is 13.1. The lowest BCUT2D eigenvalue weighted by atomic mass is 9.97. The molecule has 1 fully saturated rings. The van der Waals surface area contributed by atoms with E-state index in [0.717, 1.165) is 22.5 Å². The molecule has 1 aliphatic rings. The van der Waals surface area contributed by atoms with Crippen LogP contribution in [0.1, 0.15) is 23.4 Å². The maximum Gasteiger partial charge on any atom is 0.416 e. The van der Waals surface area contributed by atoms with Crippen LogP contribution in [0, 0.1) is 12.8 Å². The number of piperidine rings is 1. The molecule has 1 saturated heterocycles. The van der Waals surface area contributed by atoms with Crippen LogP contribution in [0.25, 0.3) is 0 Å². The van der Waals surface area contributed by atoms with E-state index >= 15 is 0 Å². The molecule has 1 N–H and O–H groups in total. The molecule has 0 aliphatic carbocycles. The summed E-state index contributed by atoms with van der Waals surface area (Å²) < 4.78 is 65.0. The van der Waals surface area contributed by atoms with E-state index < -0.39 is 32.6 Å². The zero-order valence-electron chi connectivity index (χ0n) is 14.7.